The van der Waals surface area contributed by atoms with Gasteiger partial charge in [-0.05, 0) is 61.9 Å². The maximum atomic E-state index is 12.0. The van der Waals surface area contributed by atoms with Gasteiger partial charge in [0, 0.05) is 5.56 Å². The number of hydrogen-bond donors (Lipinski definition) is 2. The standard InChI is InChI=1S/C18H20N2O4/c1-3-23-15-8-6-14(7-9-15)18(22)20-19-12-13-5-10-16(21)17(11-13)24-4-2/h5-12,21H,3-4H2,1-2H3,(H,20,22)/b19-12-. The van der Waals surface area contributed by atoms with Crippen LogP contribution in [0.3, 0.4) is 0 Å². The second-order valence-electron chi connectivity index (χ2n) is 4.82. The number of ether oxygens (including phenoxy) is 2. The Morgan fingerprint density at radius 2 is 1.83 bits per heavy atom. The normalized spacial score (nSPS) is 10.6. The lowest BCUT2D eigenvalue weighted by Crippen LogP contribution is -2.17. The molecule has 6 heteroatoms. The number of carbonyl (C=O) groups excluding carboxylic acids is 1. The Labute approximate surface area is 140 Å². The van der Waals surface area contributed by atoms with Crippen molar-refractivity contribution < 1.29 is 19.4 Å². The van der Waals surface area contributed by atoms with E-state index in [1.54, 1.807) is 36.4 Å². The predicted molar refractivity (Wildman–Crippen MR) is 91.9 cm³/mol. The highest BCUT2D eigenvalue weighted by molar-refractivity contribution is 5.95. The molecule has 0 saturated carbocycles. The Morgan fingerprint density at radius 1 is 1.12 bits per heavy atom. The SMILES string of the molecule is CCOc1ccc(C(=O)N/N=C\c2ccc(O)c(OCC)c2)cc1. The van der Waals surface area contributed by atoms with Crippen LogP contribution in [0.25, 0.3) is 0 Å². The zero-order valence-corrected chi connectivity index (χ0v) is 13.7. The van der Waals surface area contributed by atoms with Gasteiger partial charge in [0.15, 0.2) is 11.5 Å². The topological polar surface area (TPSA) is 80.2 Å². The summed E-state index contributed by atoms with van der Waals surface area (Å²) in [5.41, 5.74) is 3.63. The molecular formula is C18H20N2O4. The number of hydrazone groups is 1. The Kier molecular flexibility index (Phi) is 6.19. The molecule has 0 atom stereocenters. The van der Waals surface area contributed by atoms with Gasteiger partial charge in [-0.1, -0.05) is 0 Å². The van der Waals surface area contributed by atoms with E-state index in [-0.39, 0.29) is 11.7 Å². The number of carbonyl (C=O) groups is 1. The fraction of sp³-hybridized carbons (Fsp3) is 0.222. The highest BCUT2D eigenvalue weighted by Gasteiger charge is 2.05. The van der Waals surface area contributed by atoms with Crippen LogP contribution in [0, 0.1) is 0 Å². The molecule has 2 N–H and O–H groups in total. The summed E-state index contributed by atoms with van der Waals surface area (Å²) in [6.45, 7) is 4.75. The minimum Gasteiger partial charge on any atom is -0.504 e. The van der Waals surface area contributed by atoms with Gasteiger partial charge in [-0.25, -0.2) is 5.43 Å². The number of rotatable bonds is 7. The van der Waals surface area contributed by atoms with Gasteiger partial charge in [0.05, 0.1) is 19.4 Å². The molecule has 126 valence electrons. The lowest BCUT2D eigenvalue weighted by Gasteiger charge is -2.06. The lowest BCUT2D eigenvalue weighted by molar-refractivity contribution is 0.0955. The molecule has 0 saturated heterocycles. The molecule has 0 spiro atoms. The molecule has 24 heavy (non-hydrogen) atoms. The minimum absolute atomic E-state index is 0.0624. The first kappa shape index (κ1) is 17.3. The fourth-order valence-corrected chi connectivity index (χ4v) is 1.98. The van der Waals surface area contributed by atoms with Crippen LogP contribution in [0.15, 0.2) is 47.6 Å². The Hall–Kier alpha value is -3.02. The fourth-order valence-electron chi connectivity index (χ4n) is 1.98. The zero-order chi connectivity index (χ0) is 17.4. The largest absolute Gasteiger partial charge is 0.504 e. The number of nitrogens with one attached hydrogen (secondary N) is 1. The first-order valence-corrected chi connectivity index (χ1v) is 7.66. The third-order valence-electron chi connectivity index (χ3n) is 3.09. The molecule has 0 aliphatic heterocycles. The molecule has 2 aromatic rings. The minimum atomic E-state index is -0.321. The smallest absolute Gasteiger partial charge is 0.271 e. The van der Waals surface area contributed by atoms with Gasteiger partial charge >= 0.3 is 0 Å². The van der Waals surface area contributed by atoms with Crippen LogP contribution < -0.4 is 14.9 Å². The van der Waals surface area contributed by atoms with E-state index in [1.165, 1.54) is 12.3 Å². The van der Waals surface area contributed by atoms with Crippen molar-refractivity contribution in [2.24, 2.45) is 5.10 Å². The van der Waals surface area contributed by atoms with E-state index in [4.69, 9.17) is 9.47 Å². The predicted octanol–water partition coefficient (Wildman–Crippen LogP) is 2.95. The van der Waals surface area contributed by atoms with E-state index in [1.807, 2.05) is 13.8 Å². The molecule has 6 nitrogen and oxygen atoms in total. The van der Waals surface area contributed by atoms with Crippen LogP contribution in [0.2, 0.25) is 0 Å². The second-order valence-corrected chi connectivity index (χ2v) is 4.82. The molecular weight excluding hydrogens is 308 g/mol. The molecule has 0 fully saturated rings. The molecule has 0 aliphatic carbocycles. The van der Waals surface area contributed by atoms with Crippen LogP contribution in [0.5, 0.6) is 17.2 Å². The van der Waals surface area contributed by atoms with Crippen molar-refractivity contribution in [2.45, 2.75) is 13.8 Å². The summed E-state index contributed by atoms with van der Waals surface area (Å²) in [5, 5.41) is 13.6. The average molecular weight is 328 g/mol. The van der Waals surface area contributed by atoms with Crippen LogP contribution >= 0.6 is 0 Å². The van der Waals surface area contributed by atoms with Crippen LogP contribution in [0.1, 0.15) is 29.8 Å². The lowest BCUT2D eigenvalue weighted by atomic mass is 10.2. The van der Waals surface area contributed by atoms with Gasteiger partial charge in [0.2, 0.25) is 0 Å². The maximum Gasteiger partial charge on any atom is 0.271 e. The van der Waals surface area contributed by atoms with E-state index in [0.29, 0.717) is 35.8 Å². The van der Waals surface area contributed by atoms with Crippen molar-refractivity contribution >= 4 is 12.1 Å². The first-order valence-electron chi connectivity index (χ1n) is 7.66. The number of phenols is 1. The Bertz CT molecular complexity index is 711. The van der Waals surface area contributed by atoms with Gasteiger partial charge in [-0.3, -0.25) is 4.79 Å². The first-order chi connectivity index (χ1) is 11.6. The third-order valence-corrected chi connectivity index (χ3v) is 3.09. The molecule has 2 aromatic carbocycles. The van der Waals surface area contributed by atoms with Crippen LogP contribution in [0.4, 0.5) is 0 Å². The summed E-state index contributed by atoms with van der Waals surface area (Å²) >= 11 is 0. The van der Waals surface area contributed by atoms with Crippen molar-refractivity contribution in [3.63, 3.8) is 0 Å². The number of amides is 1. The molecule has 2 rings (SSSR count). The van der Waals surface area contributed by atoms with Gasteiger partial charge in [0.25, 0.3) is 5.91 Å². The number of phenolic OH excluding ortho intramolecular Hbond substituents is 1. The zero-order valence-electron chi connectivity index (χ0n) is 13.7. The van der Waals surface area contributed by atoms with Crippen molar-refractivity contribution in [1.29, 1.82) is 0 Å². The van der Waals surface area contributed by atoms with E-state index in [2.05, 4.69) is 10.5 Å². The van der Waals surface area contributed by atoms with Crippen molar-refractivity contribution in [3.8, 4) is 17.2 Å². The monoisotopic (exact) mass is 328 g/mol. The number of benzene rings is 2. The number of hydrogen-bond acceptors (Lipinski definition) is 5. The molecule has 0 aromatic heterocycles. The molecule has 0 aliphatic rings. The maximum absolute atomic E-state index is 12.0. The summed E-state index contributed by atoms with van der Waals surface area (Å²) in [5.74, 6) is 0.829. The number of aromatic hydroxyl groups is 1. The van der Waals surface area contributed by atoms with Gasteiger partial charge < -0.3 is 14.6 Å². The molecule has 0 radical (unpaired) electrons. The number of nitrogens with zero attached hydrogens (tertiary/aromatic N) is 1. The summed E-state index contributed by atoms with van der Waals surface area (Å²) in [6, 6.07) is 11.6. The second kappa shape index (κ2) is 8.57. The highest BCUT2D eigenvalue weighted by Crippen LogP contribution is 2.26. The molecule has 0 bridgehead atoms. The van der Waals surface area contributed by atoms with Gasteiger partial charge in [-0.15, -0.1) is 0 Å². The quantitative estimate of drug-likeness (QED) is 0.605. The highest BCUT2D eigenvalue weighted by atomic mass is 16.5. The van der Waals surface area contributed by atoms with Crippen molar-refractivity contribution in [3.05, 3.63) is 53.6 Å². The summed E-state index contributed by atoms with van der Waals surface area (Å²) < 4.78 is 10.6. The van der Waals surface area contributed by atoms with E-state index in [9.17, 15) is 9.90 Å². The third kappa shape index (κ3) is 4.74. The summed E-state index contributed by atoms with van der Waals surface area (Å²) in [7, 11) is 0. The van der Waals surface area contributed by atoms with Gasteiger partial charge in [0.1, 0.15) is 5.75 Å². The Balaban J connectivity index is 1.98. The average Bonchev–Trinajstić information content (AvgIpc) is 2.59. The molecule has 0 unspecified atom stereocenters. The van der Waals surface area contributed by atoms with Gasteiger partial charge in [-0.2, -0.15) is 5.10 Å². The summed E-state index contributed by atoms with van der Waals surface area (Å²) in [6.07, 6.45) is 1.48. The summed E-state index contributed by atoms with van der Waals surface area (Å²) in [4.78, 5) is 12.0. The van der Waals surface area contributed by atoms with Crippen LogP contribution in [-0.2, 0) is 0 Å². The Morgan fingerprint density at radius 3 is 2.50 bits per heavy atom. The molecule has 1 amide bonds. The van der Waals surface area contributed by atoms with E-state index in [0.717, 1.165) is 0 Å². The van der Waals surface area contributed by atoms with E-state index >= 15 is 0 Å². The molecule has 0 heterocycles. The van der Waals surface area contributed by atoms with Crippen molar-refractivity contribution in [2.75, 3.05) is 13.2 Å². The van der Waals surface area contributed by atoms with E-state index < -0.39 is 0 Å². The van der Waals surface area contributed by atoms with Crippen molar-refractivity contribution in [1.82, 2.24) is 5.43 Å². The van der Waals surface area contributed by atoms with Crippen LogP contribution in [-0.4, -0.2) is 30.4 Å².